The van der Waals surface area contributed by atoms with Crippen molar-refractivity contribution in [1.82, 2.24) is 9.80 Å². The molecule has 3 rings (SSSR count). The van der Waals surface area contributed by atoms with E-state index in [9.17, 15) is 4.79 Å². The number of carbonyl (C=O) groups excluding carboxylic acids is 1. The van der Waals surface area contributed by atoms with Crippen LogP contribution in [0.2, 0.25) is 0 Å². The maximum absolute atomic E-state index is 12.5. The fourth-order valence-electron chi connectivity index (χ4n) is 3.92. The lowest BCUT2D eigenvalue weighted by molar-refractivity contribution is -0.134. The first-order valence-electron chi connectivity index (χ1n) is 7.46. The maximum atomic E-state index is 12.5. The zero-order chi connectivity index (χ0) is 13.4. The Bertz CT molecular complexity index is 367. The SMILES string of the molecule is NC(=S)CN1CCN(C(=O)C2C3CCCCC32)CC1. The molecule has 3 fully saturated rings. The van der Waals surface area contributed by atoms with Gasteiger partial charge in [0.25, 0.3) is 0 Å². The van der Waals surface area contributed by atoms with Crippen molar-refractivity contribution < 1.29 is 4.79 Å². The van der Waals surface area contributed by atoms with Crippen LogP contribution in [-0.4, -0.2) is 53.4 Å². The summed E-state index contributed by atoms with van der Waals surface area (Å²) in [5, 5.41) is 0. The van der Waals surface area contributed by atoms with E-state index in [0.717, 1.165) is 38.0 Å². The van der Waals surface area contributed by atoms with Crippen molar-refractivity contribution >= 4 is 23.1 Å². The first-order chi connectivity index (χ1) is 9.16. The third kappa shape index (κ3) is 2.77. The van der Waals surface area contributed by atoms with E-state index in [2.05, 4.69) is 9.80 Å². The number of hydrogen-bond acceptors (Lipinski definition) is 3. The Morgan fingerprint density at radius 2 is 1.68 bits per heavy atom. The van der Waals surface area contributed by atoms with E-state index < -0.39 is 0 Å². The van der Waals surface area contributed by atoms with Crippen molar-refractivity contribution in [3.63, 3.8) is 0 Å². The molecule has 0 radical (unpaired) electrons. The van der Waals surface area contributed by atoms with E-state index in [4.69, 9.17) is 18.0 Å². The molecular weight excluding hydrogens is 258 g/mol. The molecule has 0 aromatic heterocycles. The van der Waals surface area contributed by atoms with Crippen LogP contribution in [-0.2, 0) is 4.79 Å². The lowest BCUT2D eigenvalue weighted by Crippen LogP contribution is -2.51. The summed E-state index contributed by atoms with van der Waals surface area (Å²) in [5.41, 5.74) is 5.56. The molecule has 5 heteroatoms. The van der Waals surface area contributed by atoms with Crippen LogP contribution < -0.4 is 5.73 Å². The predicted octanol–water partition coefficient (Wildman–Crippen LogP) is 0.853. The minimum atomic E-state index is 0.365. The topological polar surface area (TPSA) is 49.6 Å². The van der Waals surface area contributed by atoms with Crippen molar-refractivity contribution in [3.8, 4) is 0 Å². The molecule has 1 aliphatic heterocycles. The van der Waals surface area contributed by atoms with Crippen LogP contribution in [0.4, 0.5) is 0 Å². The quantitative estimate of drug-likeness (QED) is 0.779. The Kier molecular flexibility index (Phi) is 3.76. The van der Waals surface area contributed by atoms with Gasteiger partial charge in [0.05, 0.1) is 4.99 Å². The maximum Gasteiger partial charge on any atom is 0.226 e. The van der Waals surface area contributed by atoms with Crippen LogP contribution >= 0.6 is 12.2 Å². The van der Waals surface area contributed by atoms with Gasteiger partial charge in [-0.15, -0.1) is 0 Å². The highest BCUT2D eigenvalue weighted by Crippen LogP contribution is 2.56. The molecule has 4 nitrogen and oxygen atoms in total. The van der Waals surface area contributed by atoms with Gasteiger partial charge in [-0.25, -0.2) is 0 Å². The molecule has 0 bridgehead atoms. The van der Waals surface area contributed by atoms with E-state index >= 15 is 0 Å². The summed E-state index contributed by atoms with van der Waals surface area (Å²) in [4.78, 5) is 17.4. The molecule has 106 valence electrons. The monoisotopic (exact) mass is 281 g/mol. The van der Waals surface area contributed by atoms with E-state index in [1.165, 1.54) is 25.7 Å². The normalized spacial score (nSPS) is 34.7. The van der Waals surface area contributed by atoms with Gasteiger partial charge < -0.3 is 10.6 Å². The third-order valence-corrected chi connectivity index (χ3v) is 5.13. The van der Waals surface area contributed by atoms with Crippen molar-refractivity contribution in [2.75, 3.05) is 32.7 Å². The van der Waals surface area contributed by atoms with E-state index in [-0.39, 0.29) is 0 Å². The van der Waals surface area contributed by atoms with Gasteiger partial charge in [0.15, 0.2) is 0 Å². The van der Waals surface area contributed by atoms with Crippen LogP contribution in [0, 0.1) is 17.8 Å². The number of nitrogens with zero attached hydrogens (tertiary/aromatic N) is 2. The van der Waals surface area contributed by atoms with Gasteiger partial charge in [-0.3, -0.25) is 9.69 Å². The molecule has 0 aromatic carbocycles. The Labute approximate surface area is 120 Å². The molecule has 0 spiro atoms. The number of piperazine rings is 1. The average Bonchev–Trinajstić information content (AvgIpc) is 3.12. The van der Waals surface area contributed by atoms with Crippen LogP contribution in [0.1, 0.15) is 25.7 Å². The summed E-state index contributed by atoms with van der Waals surface area (Å²) < 4.78 is 0. The average molecular weight is 281 g/mol. The zero-order valence-electron chi connectivity index (χ0n) is 11.4. The van der Waals surface area contributed by atoms with Gasteiger partial charge in [-0.05, 0) is 24.7 Å². The van der Waals surface area contributed by atoms with E-state index in [1.807, 2.05) is 0 Å². The number of fused-ring (bicyclic) bond motifs is 1. The highest BCUT2D eigenvalue weighted by molar-refractivity contribution is 7.80. The molecule has 1 amide bonds. The Hall–Kier alpha value is -0.680. The molecule has 2 unspecified atom stereocenters. The molecule has 2 N–H and O–H groups in total. The summed E-state index contributed by atoms with van der Waals surface area (Å²) in [7, 11) is 0. The number of carbonyl (C=O) groups is 1. The van der Waals surface area contributed by atoms with Gasteiger partial charge in [-0.1, -0.05) is 25.1 Å². The lowest BCUT2D eigenvalue weighted by Gasteiger charge is -2.34. The summed E-state index contributed by atoms with van der Waals surface area (Å²) >= 11 is 4.93. The van der Waals surface area contributed by atoms with Crippen molar-refractivity contribution in [1.29, 1.82) is 0 Å². The Morgan fingerprint density at radius 1 is 1.11 bits per heavy atom. The van der Waals surface area contributed by atoms with Crippen LogP contribution in [0.25, 0.3) is 0 Å². The second-order valence-corrected chi connectivity index (χ2v) is 6.73. The second-order valence-electron chi connectivity index (χ2n) is 6.21. The summed E-state index contributed by atoms with van der Waals surface area (Å²) in [6.45, 7) is 4.19. The first kappa shape index (κ1) is 13.3. The van der Waals surface area contributed by atoms with Gasteiger partial charge >= 0.3 is 0 Å². The molecule has 3 aliphatic rings. The molecule has 0 aromatic rings. The molecule has 2 saturated carbocycles. The minimum absolute atomic E-state index is 0.365. The number of thiocarbonyl (C=S) groups is 1. The standard InChI is InChI=1S/C14H23N3OS/c15-12(19)9-16-5-7-17(8-6-16)14(18)13-10-3-1-2-4-11(10)13/h10-11,13H,1-9H2,(H2,15,19). The third-order valence-electron chi connectivity index (χ3n) is 5.01. The fourth-order valence-corrected chi connectivity index (χ4v) is 4.10. The van der Waals surface area contributed by atoms with Gasteiger partial charge in [0, 0.05) is 38.6 Å². The second kappa shape index (κ2) is 5.37. The van der Waals surface area contributed by atoms with E-state index in [1.54, 1.807) is 0 Å². The van der Waals surface area contributed by atoms with Crippen molar-refractivity contribution in [3.05, 3.63) is 0 Å². The number of amides is 1. The largest absolute Gasteiger partial charge is 0.392 e. The van der Waals surface area contributed by atoms with Gasteiger partial charge in [-0.2, -0.15) is 0 Å². The van der Waals surface area contributed by atoms with Crippen LogP contribution in [0.15, 0.2) is 0 Å². The Morgan fingerprint density at radius 3 is 2.21 bits per heavy atom. The number of hydrogen-bond donors (Lipinski definition) is 1. The number of nitrogens with two attached hydrogens (primary N) is 1. The lowest BCUT2D eigenvalue weighted by atomic mass is 10.0. The smallest absolute Gasteiger partial charge is 0.226 e. The predicted molar refractivity (Wildman–Crippen MR) is 78.7 cm³/mol. The highest BCUT2D eigenvalue weighted by Gasteiger charge is 2.55. The number of rotatable bonds is 3. The summed E-state index contributed by atoms with van der Waals surface area (Å²) in [6, 6.07) is 0. The van der Waals surface area contributed by atoms with Crippen molar-refractivity contribution in [2.45, 2.75) is 25.7 Å². The summed E-state index contributed by atoms with van der Waals surface area (Å²) in [5.74, 6) is 2.23. The fraction of sp³-hybridized carbons (Fsp3) is 0.857. The zero-order valence-corrected chi connectivity index (χ0v) is 12.2. The van der Waals surface area contributed by atoms with Gasteiger partial charge in [0.1, 0.15) is 0 Å². The van der Waals surface area contributed by atoms with Gasteiger partial charge in [0.2, 0.25) is 5.91 Å². The molecule has 1 saturated heterocycles. The highest BCUT2D eigenvalue weighted by atomic mass is 32.1. The molecular formula is C14H23N3OS. The Balaban J connectivity index is 1.49. The summed E-state index contributed by atoms with van der Waals surface area (Å²) in [6.07, 6.45) is 5.21. The van der Waals surface area contributed by atoms with E-state index in [0.29, 0.717) is 23.4 Å². The molecule has 1 heterocycles. The first-order valence-corrected chi connectivity index (χ1v) is 7.87. The van der Waals surface area contributed by atoms with Crippen molar-refractivity contribution in [2.24, 2.45) is 23.5 Å². The molecule has 19 heavy (non-hydrogen) atoms. The van der Waals surface area contributed by atoms with Crippen LogP contribution in [0.3, 0.4) is 0 Å². The molecule has 2 atom stereocenters. The van der Waals surface area contributed by atoms with Crippen LogP contribution in [0.5, 0.6) is 0 Å². The molecule has 2 aliphatic carbocycles. The minimum Gasteiger partial charge on any atom is -0.392 e.